The Morgan fingerprint density at radius 3 is 2.38 bits per heavy atom. The monoisotopic (exact) mass is 318 g/mol. The number of hydrogen-bond acceptors (Lipinski definition) is 2. The van der Waals surface area contributed by atoms with Crippen molar-refractivity contribution in [2.45, 2.75) is 5.72 Å². The number of aromatic nitrogens is 1. The second kappa shape index (κ2) is 5.08. The van der Waals surface area contributed by atoms with Crippen LogP contribution < -0.4 is 0 Å². The van der Waals surface area contributed by atoms with Gasteiger partial charge in [-0.2, -0.15) is 0 Å². The maximum Gasteiger partial charge on any atom is 0.256 e. The average Bonchev–Trinajstić information content (AvgIpc) is 3.07. The number of aliphatic hydroxyl groups is 1. The molecule has 1 atom stereocenters. The molecule has 1 aromatic heterocycles. The molecule has 2 heterocycles. The van der Waals surface area contributed by atoms with Crippen LogP contribution in [0.25, 0.3) is 16.5 Å². The van der Waals surface area contributed by atoms with Gasteiger partial charge in [-0.15, -0.1) is 0 Å². The van der Waals surface area contributed by atoms with Crippen molar-refractivity contribution in [1.82, 2.24) is 9.47 Å². The van der Waals surface area contributed by atoms with E-state index in [4.69, 9.17) is 0 Å². The number of amides is 1. The van der Waals surface area contributed by atoms with E-state index in [1.54, 1.807) is 13.1 Å². The third-order valence-electron chi connectivity index (χ3n) is 4.78. The van der Waals surface area contributed by atoms with Gasteiger partial charge in [-0.25, -0.2) is 0 Å². The first-order valence-corrected chi connectivity index (χ1v) is 7.86. The molecular formula is C20H18N2O2. The van der Waals surface area contributed by atoms with Crippen LogP contribution in [0.5, 0.6) is 0 Å². The second-order valence-electron chi connectivity index (χ2n) is 6.19. The van der Waals surface area contributed by atoms with Gasteiger partial charge in [0.1, 0.15) is 0 Å². The Morgan fingerprint density at radius 1 is 0.958 bits per heavy atom. The number of carbonyl (C=O) groups is 1. The maximum atomic E-state index is 12.8. The maximum absolute atomic E-state index is 12.8. The molecule has 1 amide bonds. The summed E-state index contributed by atoms with van der Waals surface area (Å²) in [6, 6.07) is 17.2. The predicted octanol–water partition coefficient (Wildman–Crippen LogP) is 2.88. The number of carbonyl (C=O) groups excluding carboxylic acids is 1. The fourth-order valence-corrected chi connectivity index (χ4v) is 3.41. The van der Waals surface area contributed by atoms with Crippen molar-refractivity contribution in [3.8, 4) is 0 Å². The molecule has 120 valence electrons. The molecule has 1 aliphatic heterocycles. The molecular weight excluding hydrogens is 300 g/mol. The van der Waals surface area contributed by atoms with Crippen molar-refractivity contribution in [3.63, 3.8) is 0 Å². The van der Waals surface area contributed by atoms with Crippen LogP contribution in [0.15, 0.2) is 66.9 Å². The van der Waals surface area contributed by atoms with Crippen molar-refractivity contribution < 1.29 is 9.90 Å². The van der Waals surface area contributed by atoms with Crippen LogP contribution in [0, 0.1) is 0 Å². The molecule has 0 saturated carbocycles. The third kappa shape index (κ3) is 1.93. The van der Waals surface area contributed by atoms with E-state index in [2.05, 4.69) is 0 Å². The summed E-state index contributed by atoms with van der Waals surface area (Å²) in [6.45, 7) is 0. The molecule has 4 rings (SSSR count). The molecule has 0 bridgehead atoms. The summed E-state index contributed by atoms with van der Waals surface area (Å²) >= 11 is 0. The van der Waals surface area contributed by atoms with E-state index in [9.17, 15) is 9.90 Å². The summed E-state index contributed by atoms with van der Waals surface area (Å²) in [6.07, 6.45) is 3.60. The molecule has 1 N–H and O–H groups in total. The Morgan fingerprint density at radius 2 is 1.62 bits per heavy atom. The van der Waals surface area contributed by atoms with Crippen LogP contribution in [0.2, 0.25) is 0 Å². The lowest BCUT2D eigenvalue weighted by Gasteiger charge is -2.30. The van der Waals surface area contributed by atoms with E-state index in [-0.39, 0.29) is 5.91 Å². The van der Waals surface area contributed by atoms with Gasteiger partial charge in [-0.05, 0) is 12.1 Å². The van der Waals surface area contributed by atoms with E-state index >= 15 is 0 Å². The minimum absolute atomic E-state index is 0.183. The number of aryl methyl sites for hydroxylation is 1. The Kier molecular flexibility index (Phi) is 3.11. The molecule has 0 spiro atoms. The van der Waals surface area contributed by atoms with E-state index in [1.165, 1.54) is 4.90 Å². The van der Waals surface area contributed by atoms with E-state index in [1.807, 2.05) is 72.4 Å². The molecule has 2 aromatic carbocycles. The number of nitrogens with zero attached hydrogens (tertiary/aromatic N) is 2. The predicted molar refractivity (Wildman–Crippen MR) is 94.0 cm³/mol. The number of rotatable bonds is 2. The summed E-state index contributed by atoms with van der Waals surface area (Å²) in [7, 11) is 3.59. The summed E-state index contributed by atoms with van der Waals surface area (Å²) in [5.74, 6) is -0.183. The standard InChI is InChI=1S/C20H18N2O2/c1-21-13-17(15-10-6-7-11-18(15)21)16-12-20(24,22(2)19(16)23)14-8-4-3-5-9-14/h3-13,24H,1-2H3. The smallest absolute Gasteiger partial charge is 0.256 e. The summed E-state index contributed by atoms with van der Waals surface area (Å²) in [5.41, 5.74) is 1.68. The number of benzene rings is 2. The highest BCUT2D eigenvalue weighted by Gasteiger charge is 2.43. The van der Waals surface area contributed by atoms with Crippen LogP contribution in [-0.4, -0.2) is 27.5 Å². The van der Waals surface area contributed by atoms with E-state index in [0.717, 1.165) is 16.5 Å². The zero-order chi connectivity index (χ0) is 16.9. The normalized spacial score (nSPS) is 20.7. The van der Waals surface area contributed by atoms with Crippen molar-refractivity contribution in [2.24, 2.45) is 7.05 Å². The largest absolute Gasteiger partial charge is 0.363 e. The molecule has 0 saturated heterocycles. The van der Waals surface area contributed by atoms with Crippen LogP contribution in [0.1, 0.15) is 11.1 Å². The van der Waals surface area contributed by atoms with Gasteiger partial charge in [0.15, 0.2) is 5.72 Å². The molecule has 4 nitrogen and oxygen atoms in total. The lowest BCUT2D eigenvalue weighted by molar-refractivity contribution is -0.138. The van der Waals surface area contributed by atoms with Crippen molar-refractivity contribution >= 4 is 22.4 Å². The Bertz CT molecular complexity index is 972. The van der Waals surface area contributed by atoms with Crippen LogP contribution >= 0.6 is 0 Å². The van der Waals surface area contributed by atoms with Crippen LogP contribution in [0.4, 0.5) is 0 Å². The Balaban J connectivity index is 1.92. The van der Waals surface area contributed by atoms with Gasteiger partial charge in [0, 0.05) is 42.3 Å². The first-order valence-electron chi connectivity index (χ1n) is 7.86. The molecule has 0 radical (unpaired) electrons. The van der Waals surface area contributed by atoms with Crippen molar-refractivity contribution in [3.05, 3.63) is 78.0 Å². The summed E-state index contributed by atoms with van der Waals surface area (Å²) in [5, 5.41) is 12.1. The second-order valence-corrected chi connectivity index (χ2v) is 6.19. The topological polar surface area (TPSA) is 45.5 Å². The fraction of sp³-hybridized carbons (Fsp3) is 0.150. The number of fused-ring (bicyclic) bond motifs is 1. The number of hydrogen-bond donors (Lipinski definition) is 1. The third-order valence-corrected chi connectivity index (χ3v) is 4.78. The van der Waals surface area contributed by atoms with Gasteiger partial charge in [-0.3, -0.25) is 4.79 Å². The molecule has 0 aliphatic carbocycles. The van der Waals surface area contributed by atoms with Gasteiger partial charge >= 0.3 is 0 Å². The Hall–Kier alpha value is -2.85. The molecule has 1 unspecified atom stereocenters. The molecule has 4 heteroatoms. The zero-order valence-corrected chi connectivity index (χ0v) is 13.6. The Labute approximate surface area is 140 Å². The van der Waals surface area contributed by atoms with Gasteiger partial charge in [0.25, 0.3) is 5.91 Å². The van der Waals surface area contributed by atoms with E-state index < -0.39 is 5.72 Å². The van der Waals surface area contributed by atoms with Crippen molar-refractivity contribution in [2.75, 3.05) is 7.05 Å². The molecule has 1 aliphatic rings. The highest BCUT2D eigenvalue weighted by atomic mass is 16.3. The van der Waals surface area contributed by atoms with Gasteiger partial charge < -0.3 is 14.6 Å². The molecule has 3 aromatic rings. The summed E-state index contributed by atoms with van der Waals surface area (Å²) < 4.78 is 2.00. The van der Waals surface area contributed by atoms with E-state index in [0.29, 0.717) is 11.1 Å². The lowest BCUT2D eigenvalue weighted by atomic mass is 10.0. The van der Waals surface area contributed by atoms with Gasteiger partial charge in [0.2, 0.25) is 0 Å². The van der Waals surface area contributed by atoms with Crippen LogP contribution in [-0.2, 0) is 17.6 Å². The quantitative estimate of drug-likeness (QED) is 0.790. The van der Waals surface area contributed by atoms with Crippen molar-refractivity contribution in [1.29, 1.82) is 0 Å². The highest BCUT2D eigenvalue weighted by Crippen LogP contribution is 2.40. The van der Waals surface area contributed by atoms with Crippen LogP contribution in [0.3, 0.4) is 0 Å². The minimum atomic E-state index is -1.43. The minimum Gasteiger partial charge on any atom is -0.363 e. The number of likely N-dealkylation sites (N-methyl/N-ethyl adjacent to an activating group) is 1. The SMILES string of the molecule is CN1C(=O)C(c2cn(C)c3ccccc23)=CC1(O)c1ccccc1. The lowest BCUT2D eigenvalue weighted by Crippen LogP contribution is -2.41. The first-order chi connectivity index (χ1) is 11.5. The molecule has 24 heavy (non-hydrogen) atoms. The van der Waals surface area contributed by atoms with Gasteiger partial charge in [0.05, 0.1) is 5.57 Å². The highest BCUT2D eigenvalue weighted by molar-refractivity contribution is 6.25. The average molecular weight is 318 g/mol. The fourth-order valence-electron chi connectivity index (χ4n) is 3.41. The first kappa shape index (κ1) is 14.7. The zero-order valence-electron chi connectivity index (χ0n) is 13.6. The van der Waals surface area contributed by atoms with Gasteiger partial charge in [-0.1, -0.05) is 48.5 Å². The summed E-state index contributed by atoms with van der Waals surface area (Å²) in [4.78, 5) is 14.2. The number of para-hydroxylation sites is 1. The molecule has 0 fully saturated rings.